The van der Waals surface area contributed by atoms with Crippen molar-refractivity contribution >= 4 is 0 Å². The second kappa shape index (κ2) is 31.9. The smallest absolute Gasteiger partial charge is 0.168 e. The zero-order valence-corrected chi connectivity index (χ0v) is 30.3. The maximum Gasteiger partial charge on any atom is 0.168 e. The van der Waals surface area contributed by atoms with Gasteiger partial charge in [-0.15, -0.1) is 0 Å². The molecule has 43 heavy (non-hydrogen) atoms. The first-order valence-electron chi connectivity index (χ1n) is 20.6. The van der Waals surface area contributed by atoms with Crippen LogP contribution in [-0.4, -0.2) is 18.5 Å². The number of rotatable bonds is 35. The summed E-state index contributed by atoms with van der Waals surface area (Å²) in [5, 5.41) is 0. The highest BCUT2D eigenvalue weighted by Gasteiger charge is 2.39. The van der Waals surface area contributed by atoms with Gasteiger partial charge in [0.05, 0.1) is 12.7 Å². The van der Waals surface area contributed by atoms with Crippen molar-refractivity contribution in [3.05, 3.63) is 0 Å². The molecule has 1 aliphatic rings. The van der Waals surface area contributed by atoms with Gasteiger partial charge in [0.1, 0.15) is 0 Å². The van der Waals surface area contributed by atoms with Gasteiger partial charge in [-0.25, -0.2) is 0 Å². The van der Waals surface area contributed by atoms with Gasteiger partial charge in [-0.1, -0.05) is 213 Å². The average Bonchev–Trinajstić information content (AvgIpc) is 3.44. The maximum absolute atomic E-state index is 6.52. The first-order chi connectivity index (χ1) is 21.3. The Bertz CT molecular complexity index is 534. The Morgan fingerprint density at radius 3 is 0.860 bits per heavy atom. The van der Waals surface area contributed by atoms with Crippen molar-refractivity contribution in [3.63, 3.8) is 0 Å². The normalized spacial score (nSPS) is 18.6. The molecule has 1 heterocycles. The lowest BCUT2D eigenvalue weighted by Gasteiger charge is -2.28. The lowest BCUT2D eigenvalue weighted by atomic mass is 9.98. The molecule has 0 aromatic rings. The Labute approximate surface area is 273 Å². The van der Waals surface area contributed by atoms with E-state index in [1.807, 2.05) is 0 Å². The fourth-order valence-corrected chi connectivity index (χ4v) is 7.09. The minimum atomic E-state index is -0.257. The van der Waals surface area contributed by atoms with Gasteiger partial charge in [0.25, 0.3) is 0 Å². The summed E-state index contributed by atoms with van der Waals surface area (Å²) in [7, 11) is 0. The number of hydrogen-bond acceptors (Lipinski definition) is 2. The molecule has 0 spiro atoms. The van der Waals surface area contributed by atoms with Crippen LogP contribution in [0.5, 0.6) is 0 Å². The predicted octanol–water partition coefficient (Wildman–Crippen LogP) is 14.8. The summed E-state index contributed by atoms with van der Waals surface area (Å²) >= 11 is 0. The van der Waals surface area contributed by atoms with E-state index in [0.29, 0.717) is 6.10 Å². The maximum atomic E-state index is 6.52. The van der Waals surface area contributed by atoms with E-state index >= 15 is 0 Å². The van der Waals surface area contributed by atoms with E-state index in [0.717, 1.165) is 25.9 Å². The molecular formula is C41H82O2. The molecule has 0 N–H and O–H groups in total. The van der Waals surface area contributed by atoms with Gasteiger partial charge < -0.3 is 9.47 Å². The van der Waals surface area contributed by atoms with Gasteiger partial charge in [-0.2, -0.15) is 0 Å². The van der Waals surface area contributed by atoms with E-state index in [2.05, 4.69) is 20.8 Å². The monoisotopic (exact) mass is 607 g/mol. The molecular weight excluding hydrogens is 524 g/mol. The van der Waals surface area contributed by atoms with Gasteiger partial charge >= 0.3 is 0 Å². The summed E-state index contributed by atoms with van der Waals surface area (Å²) < 4.78 is 12.9. The Morgan fingerprint density at radius 1 is 0.372 bits per heavy atom. The fraction of sp³-hybridized carbons (Fsp3) is 1.00. The SMILES string of the molecule is CCCCCCCCCCCCCCCCCCCC1(CCCCCCCCCCCCCCCCC)OCC(CC)O1. The van der Waals surface area contributed by atoms with Crippen LogP contribution < -0.4 is 0 Å². The first kappa shape index (κ1) is 40.9. The molecule has 2 nitrogen and oxygen atoms in total. The van der Waals surface area contributed by atoms with Gasteiger partial charge in [-0.05, 0) is 19.3 Å². The van der Waals surface area contributed by atoms with Crippen molar-refractivity contribution in [1.82, 2.24) is 0 Å². The van der Waals surface area contributed by atoms with Crippen LogP contribution in [0.15, 0.2) is 0 Å². The summed E-state index contributed by atoms with van der Waals surface area (Å²) in [5.41, 5.74) is 0. The molecule has 0 saturated carbocycles. The average molecular weight is 607 g/mol. The lowest BCUT2D eigenvalue weighted by molar-refractivity contribution is -0.179. The van der Waals surface area contributed by atoms with Crippen molar-refractivity contribution in [2.75, 3.05) is 6.61 Å². The molecule has 0 aliphatic carbocycles. The zero-order valence-electron chi connectivity index (χ0n) is 30.3. The summed E-state index contributed by atoms with van der Waals surface area (Å²) in [6.45, 7) is 7.67. The van der Waals surface area contributed by atoms with E-state index in [1.165, 1.54) is 205 Å². The highest BCUT2D eigenvalue weighted by Crippen LogP contribution is 2.35. The molecule has 0 radical (unpaired) electrons. The first-order valence-corrected chi connectivity index (χ1v) is 20.6. The second-order valence-corrected chi connectivity index (χ2v) is 14.5. The van der Waals surface area contributed by atoms with Crippen LogP contribution in [0.4, 0.5) is 0 Å². The lowest BCUT2D eigenvalue weighted by Crippen LogP contribution is -2.31. The minimum absolute atomic E-state index is 0.257. The van der Waals surface area contributed by atoms with E-state index in [9.17, 15) is 0 Å². The quantitative estimate of drug-likeness (QED) is 0.0668. The molecule has 258 valence electrons. The van der Waals surface area contributed by atoms with Crippen molar-refractivity contribution in [3.8, 4) is 0 Å². The third kappa shape index (κ3) is 25.8. The summed E-state index contributed by atoms with van der Waals surface area (Å²) in [4.78, 5) is 0. The van der Waals surface area contributed by atoms with Crippen LogP contribution in [0.25, 0.3) is 0 Å². The van der Waals surface area contributed by atoms with Crippen LogP contribution in [0.2, 0.25) is 0 Å². The molecule has 0 aromatic heterocycles. The molecule has 2 atom stereocenters. The molecule has 0 bridgehead atoms. The fourth-order valence-electron chi connectivity index (χ4n) is 7.09. The largest absolute Gasteiger partial charge is 0.347 e. The Morgan fingerprint density at radius 2 is 0.628 bits per heavy atom. The van der Waals surface area contributed by atoms with Crippen molar-refractivity contribution in [1.29, 1.82) is 0 Å². The van der Waals surface area contributed by atoms with Crippen LogP contribution in [0.1, 0.15) is 245 Å². The number of unbranched alkanes of at least 4 members (excludes halogenated alkanes) is 30. The van der Waals surface area contributed by atoms with E-state index < -0.39 is 0 Å². The van der Waals surface area contributed by atoms with Crippen LogP contribution >= 0.6 is 0 Å². The summed E-state index contributed by atoms with van der Waals surface area (Å²) in [6.07, 6.45) is 49.3. The molecule has 0 amide bonds. The van der Waals surface area contributed by atoms with Crippen LogP contribution in [0, 0.1) is 0 Å². The highest BCUT2D eigenvalue weighted by molar-refractivity contribution is 4.79. The summed E-state index contributed by atoms with van der Waals surface area (Å²) in [5.74, 6) is -0.257. The van der Waals surface area contributed by atoms with Crippen molar-refractivity contribution in [2.45, 2.75) is 257 Å². The molecule has 2 heteroatoms. The molecule has 1 fully saturated rings. The molecule has 1 saturated heterocycles. The minimum Gasteiger partial charge on any atom is -0.347 e. The highest BCUT2D eigenvalue weighted by atomic mass is 16.7. The Balaban J connectivity index is 1.95. The van der Waals surface area contributed by atoms with Gasteiger partial charge in [-0.3, -0.25) is 0 Å². The predicted molar refractivity (Wildman–Crippen MR) is 192 cm³/mol. The number of hydrogen-bond donors (Lipinski definition) is 0. The molecule has 1 rings (SSSR count). The third-order valence-corrected chi connectivity index (χ3v) is 10.2. The molecule has 0 aromatic carbocycles. The standard InChI is InChI=1S/C41H82O2/c1-4-7-9-11-13-15-17-19-21-22-24-26-28-30-32-34-36-38-41(42-39-40(6-3)43-41)37-35-33-31-29-27-25-23-20-18-16-14-12-10-8-5-2/h40H,4-39H2,1-3H3. The van der Waals surface area contributed by atoms with Gasteiger partial charge in [0, 0.05) is 12.8 Å². The molecule has 2 unspecified atom stereocenters. The van der Waals surface area contributed by atoms with E-state index in [-0.39, 0.29) is 5.79 Å². The number of ether oxygens (including phenoxy) is 2. The second-order valence-electron chi connectivity index (χ2n) is 14.5. The summed E-state index contributed by atoms with van der Waals surface area (Å²) in [6, 6.07) is 0. The van der Waals surface area contributed by atoms with Crippen LogP contribution in [-0.2, 0) is 9.47 Å². The molecule has 1 aliphatic heterocycles. The van der Waals surface area contributed by atoms with Gasteiger partial charge in [0.15, 0.2) is 5.79 Å². The van der Waals surface area contributed by atoms with Gasteiger partial charge in [0.2, 0.25) is 0 Å². The van der Waals surface area contributed by atoms with E-state index in [4.69, 9.17) is 9.47 Å². The van der Waals surface area contributed by atoms with Crippen molar-refractivity contribution < 1.29 is 9.47 Å². The Hall–Kier alpha value is -0.0800. The third-order valence-electron chi connectivity index (χ3n) is 10.2. The zero-order chi connectivity index (χ0) is 30.9. The Kier molecular flexibility index (Phi) is 30.4. The van der Waals surface area contributed by atoms with Crippen molar-refractivity contribution in [2.24, 2.45) is 0 Å². The van der Waals surface area contributed by atoms with E-state index in [1.54, 1.807) is 0 Å². The van der Waals surface area contributed by atoms with Crippen LogP contribution in [0.3, 0.4) is 0 Å². The topological polar surface area (TPSA) is 18.5 Å².